The molecule has 0 fully saturated rings. The van der Waals surface area contributed by atoms with Crippen molar-refractivity contribution in [3.63, 3.8) is 0 Å². The van der Waals surface area contributed by atoms with Crippen LogP contribution in [0.4, 0.5) is 0 Å². The zero-order valence-electron chi connectivity index (χ0n) is 16.4. The molecule has 4 aromatic rings. The molecule has 29 heavy (non-hydrogen) atoms. The van der Waals surface area contributed by atoms with Gasteiger partial charge in [0.25, 0.3) is 5.89 Å². The minimum Gasteiger partial charge on any atom is -0.415 e. The van der Waals surface area contributed by atoms with E-state index in [2.05, 4.69) is 77.9 Å². The molecule has 5 heteroatoms. The summed E-state index contributed by atoms with van der Waals surface area (Å²) in [4.78, 5) is 0. The summed E-state index contributed by atoms with van der Waals surface area (Å²) >= 11 is 6.08. The van der Waals surface area contributed by atoms with Crippen molar-refractivity contribution >= 4 is 11.6 Å². The molecule has 1 heterocycles. The quantitative estimate of drug-likeness (QED) is 0.485. The molecule has 0 aliphatic rings. The molecule has 0 bridgehead atoms. The Labute approximate surface area is 175 Å². The zero-order valence-corrected chi connectivity index (χ0v) is 17.2. The average molecular weight is 405 g/mol. The molecule has 146 valence electrons. The number of aromatic nitrogens is 2. The first-order valence-corrected chi connectivity index (χ1v) is 10.0. The van der Waals surface area contributed by atoms with E-state index in [1.165, 1.54) is 16.7 Å². The molecule has 0 amide bonds. The second kappa shape index (κ2) is 8.60. The SMILES string of the molecule is Cc1ccc([C@H]([NH2+][C@@H](C)c2nnc(-c3cccc(Cl)c3)o2)c2ccccc2)cc1. The van der Waals surface area contributed by atoms with Gasteiger partial charge in [-0.1, -0.05) is 77.8 Å². The Morgan fingerprint density at radius 1 is 0.862 bits per heavy atom. The summed E-state index contributed by atoms with van der Waals surface area (Å²) in [6, 6.07) is 26.7. The van der Waals surface area contributed by atoms with Gasteiger partial charge in [0.2, 0.25) is 5.89 Å². The van der Waals surface area contributed by atoms with Crippen LogP contribution in [0.5, 0.6) is 0 Å². The molecule has 3 aromatic carbocycles. The van der Waals surface area contributed by atoms with E-state index < -0.39 is 0 Å². The number of halogens is 1. The van der Waals surface area contributed by atoms with Crippen molar-refractivity contribution in [3.05, 3.63) is 106 Å². The second-order valence-corrected chi connectivity index (χ2v) is 7.67. The van der Waals surface area contributed by atoms with Crippen molar-refractivity contribution in [2.75, 3.05) is 0 Å². The summed E-state index contributed by atoms with van der Waals surface area (Å²) in [5.41, 5.74) is 4.54. The van der Waals surface area contributed by atoms with E-state index in [0.29, 0.717) is 16.8 Å². The molecule has 0 aliphatic carbocycles. The Bertz CT molecular complexity index is 1080. The second-order valence-electron chi connectivity index (χ2n) is 7.24. The topological polar surface area (TPSA) is 55.5 Å². The summed E-state index contributed by atoms with van der Waals surface area (Å²) in [5, 5.41) is 11.4. The maximum atomic E-state index is 6.08. The van der Waals surface area contributed by atoms with Crippen molar-refractivity contribution < 1.29 is 9.73 Å². The molecule has 0 aliphatic heterocycles. The van der Waals surface area contributed by atoms with Gasteiger partial charge >= 0.3 is 0 Å². The zero-order chi connectivity index (χ0) is 20.2. The molecule has 1 aromatic heterocycles. The van der Waals surface area contributed by atoms with Crippen molar-refractivity contribution in [1.82, 2.24) is 10.2 Å². The highest BCUT2D eigenvalue weighted by molar-refractivity contribution is 6.30. The number of aryl methyl sites for hydroxylation is 1. The van der Waals surface area contributed by atoms with Gasteiger partial charge in [-0.15, -0.1) is 10.2 Å². The van der Waals surface area contributed by atoms with Gasteiger partial charge in [-0.2, -0.15) is 0 Å². The Hall–Kier alpha value is -2.95. The molecule has 0 unspecified atom stereocenters. The van der Waals surface area contributed by atoms with E-state index in [1.807, 2.05) is 30.3 Å². The molecule has 2 N–H and O–H groups in total. The summed E-state index contributed by atoms with van der Waals surface area (Å²) in [5.74, 6) is 1.07. The van der Waals surface area contributed by atoms with Gasteiger partial charge in [0.05, 0.1) is 0 Å². The van der Waals surface area contributed by atoms with Crippen LogP contribution in [0.25, 0.3) is 11.5 Å². The monoisotopic (exact) mass is 404 g/mol. The van der Waals surface area contributed by atoms with Gasteiger partial charge in [0, 0.05) is 21.7 Å². The lowest BCUT2D eigenvalue weighted by molar-refractivity contribution is -0.725. The fraction of sp³-hybridized carbons (Fsp3) is 0.167. The van der Waals surface area contributed by atoms with Gasteiger partial charge in [-0.3, -0.25) is 0 Å². The van der Waals surface area contributed by atoms with Crippen LogP contribution >= 0.6 is 11.6 Å². The van der Waals surface area contributed by atoms with Gasteiger partial charge in [-0.05, 0) is 32.0 Å². The van der Waals surface area contributed by atoms with E-state index in [0.717, 1.165) is 5.56 Å². The van der Waals surface area contributed by atoms with Gasteiger partial charge < -0.3 is 9.73 Å². The van der Waals surface area contributed by atoms with Gasteiger partial charge in [-0.25, -0.2) is 0 Å². The van der Waals surface area contributed by atoms with E-state index in [4.69, 9.17) is 16.0 Å². The Kier molecular flexibility index (Phi) is 5.74. The Morgan fingerprint density at radius 2 is 1.59 bits per heavy atom. The number of hydrogen-bond donors (Lipinski definition) is 1. The largest absolute Gasteiger partial charge is 0.415 e. The predicted octanol–water partition coefficient (Wildman–Crippen LogP) is 5.11. The van der Waals surface area contributed by atoms with Crippen LogP contribution in [0, 0.1) is 6.92 Å². The van der Waals surface area contributed by atoms with Crippen LogP contribution in [0.1, 0.15) is 41.6 Å². The van der Waals surface area contributed by atoms with E-state index in [9.17, 15) is 0 Å². The highest BCUT2D eigenvalue weighted by atomic mass is 35.5. The van der Waals surface area contributed by atoms with Crippen LogP contribution in [-0.2, 0) is 0 Å². The molecule has 0 saturated heterocycles. The predicted molar refractivity (Wildman–Crippen MR) is 115 cm³/mol. The summed E-state index contributed by atoms with van der Waals surface area (Å²) in [7, 11) is 0. The number of nitrogens with two attached hydrogens (primary N) is 1. The average Bonchev–Trinajstić information content (AvgIpc) is 3.24. The maximum Gasteiger partial charge on any atom is 0.274 e. The summed E-state index contributed by atoms with van der Waals surface area (Å²) in [6.45, 7) is 4.18. The molecule has 0 saturated carbocycles. The first-order chi connectivity index (χ1) is 14.1. The lowest BCUT2D eigenvalue weighted by Gasteiger charge is -2.19. The van der Waals surface area contributed by atoms with Crippen LogP contribution in [0.15, 0.2) is 83.3 Å². The smallest absolute Gasteiger partial charge is 0.274 e. The van der Waals surface area contributed by atoms with Crippen LogP contribution in [-0.4, -0.2) is 10.2 Å². The number of quaternary nitrogens is 1. The Morgan fingerprint density at radius 3 is 2.31 bits per heavy atom. The number of benzene rings is 3. The third-order valence-electron chi connectivity index (χ3n) is 4.98. The third-order valence-corrected chi connectivity index (χ3v) is 5.21. The molecule has 0 radical (unpaired) electrons. The number of nitrogens with zero attached hydrogens (tertiary/aromatic N) is 2. The summed E-state index contributed by atoms with van der Waals surface area (Å²) in [6.07, 6.45) is 0. The highest BCUT2D eigenvalue weighted by Crippen LogP contribution is 2.24. The van der Waals surface area contributed by atoms with E-state index in [-0.39, 0.29) is 12.1 Å². The molecular weight excluding hydrogens is 382 g/mol. The molecule has 4 rings (SSSR count). The minimum absolute atomic E-state index is 0.0121. The first-order valence-electron chi connectivity index (χ1n) is 9.66. The highest BCUT2D eigenvalue weighted by Gasteiger charge is 2.25. The lowest BCUT2D eigenvalue weighted by Crippen LogP contribution is -2.86. The van der Waals surface area contributed by atoms with E-state index in [1.54, 1.807) is 0 Å². The van der Waals surface area contributed by atoms with Crippen LogP contribution < -0.4 is 5.32 Å². The summed E-state index contributed by atoms with van der Waals surface area (Å²) < 4.78 is 5.97. The van der Waals surface area contributed by atoms with Gasteiger partial charge in [0.1, 0.15) is 6.04 Å². The maximum absolute atomic E-state index is 6.08. The number of hydrogen-bond acceptors (Lipinski definition) is 3. The molecule has 2 atom stereocenters. The lowest BCUT2D eigenvalue weighted by atomic mass is 9.97. The minimum atomic E-state index is -0.0121. The normalized spacial score (nSPS) is 13.2. The van der Waals surface area contributed by atoms with Crippen molar-refractivity contribution in [1.29, 1.82) is 0 Å². The fourth-order valence-corrected chi connectivity index (χ4v) is 3.57. The Balaban J connectivity index is 1.60. The molecule has 0 spiro atoms. The van der Waals surface area contributed by atoms with Crippen LogP contribution in [0.2, 0.25) is 5.02 Å². The third kappa shape index (κ3) is 4.56. The van der Waals surface area contributed by atoms with Crippen molar-refractivity contribution in [2.45, 2.75) is 25.9 Å². The van der Waals surface area contributed by atoms with E-state index >= 15 is 0 Å². The standard InChI is InChI=1S/C24H22ClN3O/c1-16-11-13-19(14-12-16)22(18-7-4-3-5-8-18)26-17(2)23-27-28-24(29-23)20-9-6-10-21(25)15-20/h3-15,17,22,26H,1-2H3/p+1/t17-,22+/m0/s1. The first kappa shape index (κ1) is 19.4. The molecular formula is C24H23ClN3O+. The van der Waals surface area contributed by atoms with Crippen molar-refractivity contribution in [3.8, 4) is 11.5 Å². The van der Waals surface area contributed by atoms with Crippen molar-refractivity contribution in [2.24, 2.45) is 0 Å². The fourth-order valence-electron chi connectivity index (χ4n) is 3.38. The van der Waals surface area contributed by atoms with Crippen LogP contribution in [0.3, 0.4) is 0 Å². The molecule has 4 nitrogen and oxygen atoms in total. The number of rotatable bonds is 6. The van der Waals surface area contributed by atoms with Gasteiger partial charge in [0.15, 0.2) is 6.04 Å².